The van der Waals surface area contributed by atoms with Crippen molar-refractivity contribution in [3.63, 3.8) is 0 Å². The summed E-state index contributed by atoms with van der Waals surface area (Å²) in [4.78, 5) is 16.3. The van der Waals surface area contributed by atoms with E-state index in [9.17, 15) is 4.79 Å². The van der Waals surface area contributed by atoms with Gasteiger partial charge >= 0.3 is 6.09 Å². The number of nitrogens with one attached hydrogen (secondary N) is 2. The van der Waals surface area contributed by atoms with Gasteiger partial charge in [0.05, 0.1) is 11.4 Å². The molecular formula is C17H26BrN3O2. The Morgan fingerprint density at radius 2 is 2.00 bits per heavy atom. The molecule has 1 aliphatic carbocycles. The molecule has 0 aliphatic heterocycles. The molecule has 1 aliphatic rings. The van der Waals surface area contributed by atoms with Gasteiger partial charge in [-0.05, 0) is 81.4 Å². The molecular weight excluding hydrogens is 358 g/mol. The van der Waals surface area contributed by atoms with Crippen LogP contribution in [0.4, 0.5) is 10.5 Å². The molecule has 2 atom stereocenters. The summed E-state index contributed by atoms with van der Waals surface area (Å²) in [5.41, 5.74) is 1.56. The summed E-state index contributed by atoms with van der Waals surface area (Å²) in [7, 11) is 0. The molecule has 23 heavy (non-hydrogen) atoms. The topological polar surface area (TPSA) is 63.2 Å². The van der Waals surface area contributed by atoms with Crippen molar-refractivity contribution in [2.45, 2.75) is 71.1 Å². The van der Waals surface area contributed by atoms with Crippen LogP contribution in [0.25, 0.3) is 0 Å². The van der Waals surface area contributed by atoms with Crippen molar-refractivity contribution >= 4 is 27.7 Å². The van der Waals surface area contributed by atoms with E-state index >= 15 is 0 Å². The molecule has 2 unspecified atom stereocenters. The first-order chi connectivity index (χ1) is 10.7. The van der Waals surface area contributed by atoms with Crippen LogP contribution in [-0.4, -0.2) is 28.8 Å². The predicted molar refractivity (Wildman–Crippen MR) is 95.7 cm³/mol. The monoisotopic (exact) mass is 383 g/mol. The Balaban J connectivity index is 1.89. The number of hydrogen-bond donors (Lipinski definition) is 2. The number of anilines is 1. The number of halogens is 1. The van der Waals surface area contributed by atoms with E-state index in [1.54, 1.807) is 0 Å². The highest BCUT2D eigenvalue weighted by molar-refractivity contribution is 9.10. The molecule has 5 nitrogen and oxygen atoms in total. The summed E-state index contributed by atoms with van der Waals surface area (Å²) < 4.78 is 6.18. The third-order valence-electron chi connectivity index (χ3n) is 3.81. The number of ether oxygens (including phenoxy) is 1. The second kappa shape index (κ2) is 7.51. The Hall–Kier alpha value is -1.30. The van der Waals surface area contributed by atoms with Crippen LogP contribution in [0.15, 0.2) is 16.7 Å². The minimum atomic E-state index is -0.462. The molecule has 128 valence electrons. The quantitative estimate of drug-likeness (QED) is 0.759. The number of hydrogen-bond acceptors (Lipinski definition) is 4. The Bertz CT molecular complexity index is 557. The first kappa shape index (κ1) is 18.0. The maximum absolute atomic E-state index is 11.9. The van der Waals surface area contributed by atoms with Crippen LogP contribution in [0.3, 0.4) is 0 Å². The molecule has 2 rings (SSSR count). The maximum Gasteiger partial charge on any atom is 0.407 e. The van der Waals surface area contributed by atoms with Crippen LogP contribution in [0, 0.1) is 6.92 Å². The number of aromatic nitrogens is 1. The Morgan fingerprint density at radius 1 is 1.30 bits per heavy atom. The molecule has 1 fully saturated rings. The Labute approximate surface area is 146 Å². The van der Waals surface area contributed by atoms with Crippen LogP contribution >= 0.6 is 15.9 Å². The number of nitrogens with zero attached hydrogens (tertiary/aromatic N) is 1. The van der Waals surface area contributed by atoms with Crippen molar-refractivity contribution < 1.29 is 9.53 Å². The van der Waals surface area contributed by atoms with Gasteiger partial charge in [-0.2, -0.15) is 0 Å². The number of carbonyl (C=O) groups excluding carboxylic acids is 1. The molecule has 0 spiro atoms. The van der Waals surface area contributed by atoms with Crippen molar-refractivity contribution in [2.75, 3.05) is 5.32 Å². The second-order valence-electron chi connectivity index (χ2n) is 7.12. The van der Waals surface area contributed by atoms with Crippen molar-refractivity contribution in [1.82, 2.24) is 10.3 Å². The molecule has 1 saturated carbocycles. The minimum absolute atomic E-state index is 0.153. The normalized spacial score (nSPS) is 21.6. The highest BCUT2D eigenvalue weighted by Gasteiger charge is 2.25. The van der Waals surface area contributed by atoms with Crippen molar-refractivity contribution in [2.24, 2.45) is 0 Å². The van der Waals surface area contributed by atoms with Crippen molar-refractivity contribution in [1.29, 1.82) is 0 Å². The van der Waals surface area contributed by atoms with Crippen LogP contribution in [0.1, 0.15) is 52.1 Å². The van der Waals surface area contributed by atoms with Gasteiger partial charge in [0.1, 0.15) is 10.2 Å². The highest BCUT2D eigenvalue weighted by atomic mass is 79.9. The second-order valence-corrected chi connectivity index (χ2v) is 7.93. The van der Waals surface area contributed by atoms with Gasteiger partial charge in [-0.1, -0.05) is 0 Å². The number of alkyl carbamates (subject to hydrolysis) is 1. The maximum atomic E-state index is 11.9. The van der Waals surface area contributed by atoms with Gasteiger partial charge in [0.25, 0.3) is 0 Å². The number of carbonyl (C=O) groups is 1. The van der Waals surface area contributed by atoms with Gasteiger partial charge in [0, 0.05) is 12.1 Å². The standard InChI is InChI=1S/C17H26BrN3O2/c1-11-14(8-9-15(18)19-11)20-12-6-5-7-13(10-12)21-16(22)23-17(2,3)4/h8-9,12-13,20H,5-7,10H2,1-4H3,(H,21,22). The molecule has 6 heteroatoms. The van der Waals surface area contributed by atoms with Gasteiger partial charge < -0.3 is 15.4 Å². The average molecular weight is 384 g/mol. The molecule has 1 aromatic rings. The Morgan fingerprint density at radius 3 is 2.65 bits per heavy atom. The summed E-state index contributed by atoms with van der Waals surface area (Å²) in [5.74, 6) is 0. The molecule has 1 heterocycles. The molecule has 2 N–H and O–H groups in total. The summed E-state index contributed by atoms with van der Waals surface area (Å²) in [6.07, 6.45) is 3.75. The van der Waals surface area contributed by atoms with Gasteiger partial charge in [0.2, 0.25) is 0 Å². The fourth-order valence-corrected chi connectivity index (χ4v) is 3.23. The van der Waals surface area contributed by atoms with E-state index < -0.39 is 5.60 Å². The summed E-state index contributed by atoms with van der Waals surface area (Å²) in [5, 5.41) is 6.54. The van der Waals surface area contributed by atoms with E-state index in [4.69, 9.17) is 4.74 Å². The van der Waals surface area contributed by atoms with Crippen LogP contribution in [0.2, 0.25) is 0 Å². The molecule has 0 saturated heterocycles. The fraction of sp³-hybridized carbons (Fsp3) is 0.647. The largest absolute Gasteiger partial charge is 0.444 e. The Kier molecular flexibility index (Phi) is 5.89. The summed E-state index contributed by atoms with van der Waals surface area (Å²) in [6.45, 7) is 7.62. The van der Waals surface area contributed by atoms with Gasteiger partial charge in [-0.15, -0.1) is 0 Å². The van der Waals surface area contributed by atoms with Crippen molar-refractivity contribution in [3.8, 4) is 0 Å². The van der Waals surface area contributed by atoms with E-state index in [-0.39, 0.29) is 12.1 Å². The summed E-state index contributed by atoms with van der Waals surface area (Å²) >= 11 is 3.38. The molecule has 0 bridgehead atoms. The lowest BCUT2D eigenvalue weighted by Gasteiger charge is -2.32. The van der Waals surface area contributed by atoms with Crippen LogP contribution in [-0.2, 0) is 4.74 Å². The summed E-state index contributed by atoms with van der Waals surface area (Å²) in [6, 6.07) is 4.47. The third kappa shape index (κ3) is 6.01. The van der Waals surface area contributed by atoms with Crippen LogP contribution < -0.4 is 10.6 Å². The van der Waals surface area contributed by atoms with Gasteiger partial charge in [-0.3, -0.25) is 0 Å². The number of rotatable bonds is 3. The van der Waals surface area contributed by atoms with Gasteiger partial charge in [-0.25, -0.2) is 9.78 Å². The van der Waals surface area contributed by atoms with Crippen LogP contribution in [0.5, 0.6) is 0 Å². The van der Waals surface area contributed by atoms with E-state index in [0.29, 0.717) is 6.04 Å². The van der Waals surface area contributed by atoms with E-state index in [1.165, 1.54) is 0 Å². The zero-order chi connectivity index (χ0) is 17.0. The van der Waals surface area contributed by atoms with E-state index in [0.717, 1.165) is 41.7 Å². The fourth-order valence-electron chi connectivity index (χ4n) is 2.83. The minimum Gasteiger partial charge on any atom is -0.444 e. The first-order valence-corrected chi connectivity index (χ1v) is 8.91. The lowest BCUT2D eigenvalue weighted by molar-refractivity contribution is 0.0492. The smallest absolute Gasteiger partial charge is 0.407 e. The predicted octanol–water partition coefficient (Wildman–Crippen LogP) is 4.40. The average Bonchev–Trinajstić information content (AvgIpc) is 2.40. The molecule has 0 radical (unpaired) electrons. The molecule has 0 aromatic carbocycles. The zero-order valence-corrected chi connectivity index (χ0v) is 15.9. The van der Waals surface area contributed by atoms with E-state index in [2.05, 4.69) is 31.5 Å². The SMILES string of the molecule is Cc1nc(Br)ccc1NC1CCCC(NC(=O)OC(C)(C)C)C1. The zero-order valence-electron chi connectivity index (χ0n) is 14.3. The molecule has 1 aromatic heterocycles. The number of amides is 1. The first-order valence-electron chi connectivity index (χ1n) is 8.12. The number of pyridine rings is 1. The lowest BCUT2D eigenvalue weighted by Crippen LogP contribution is -2.43. The van der Waals surface area contributed by atoms with Crippen molar-refractivity contribution in [3.05, 3.63) is 22.4 Å². The number of aryl methyl sites for hydroxylation is 1. The third-order valence-corrected chi connectivity index (χ3v) is 4.25. The van der Waals surface area contributed by atoms with Gasteiger partial charge in [0.15, 0.2) is 0 Å². The lowest BCUT2D eigenvalue weighted by atomic mass is 9.91. The molecule has 1 amide bonds. The highest BCUT2D eigenvalue weighted by Crippen LogP contribution is 2.24. The van der Waals surface area contributed by atoms with E-state index in [1.807, 2.05) is 39.8 Å².